The number of hydrogen-bond donors (Lipinski definition) is 1. The zero-order valence-electron chi connectivity index (χ0n) is 12.6. The summed E-state index contributed by atoms with van der Waals surface area (Å²) in [5.41, 5.74) is 2.26. The molecule has 0 aliphatic carbocycles. The number of carbonyl (C=O) groups is 1. The van der Waals surface area contributed by atoms with E-state index in [4.69, 9.17) is 4.98 Å². The van der Waals surface area contributed by atoms with Gasteiger partial charge in [0.15, 0.2) is 0 Å². The molecule has 0 saturated carbocycles. The summed E-state index contributed by atoms with van der Waals surface area (Å²) in [6.07, 6.45) is 5.38. The van der Waals surface area contributed by atoms with Crippen molar-refractivity contribution in [2.24, 2.45) is 0 Å². The highest BCUT2D eigenvalue weighted by Crippen LogP contribution is 2.17. The lowest BCUT2D eigenvalue weighted by Gasteiger charge is -2.08. The molecule has 4 nitrogen and oxygen atoms in total. The van der Waals surface area contributed by atoms with Gasteiger partial charge in [-0.05, 0) is 31.1 Å². The Morgan fingerprint density at radius 1 is 1.38 bits per heavy atom. The number of unbranched alkanes of at least 4 members (excludes halogenated alkanes) is 1. The summed E-state index contributed by atoms with van der Waals surface area (Å²) in [5.74, 6) is 0.993. The van der Waals surface area contributed by atoms with Crippen LogP contribution >= 0.6 is 0 Å². The second-order valence-electron chi connectivity index (χ2n) is 5.12. The van der Waals surface area contributed by atoms with E-state index in [0.717, 1.165) is 37.1 Å². The first-order valence-electron chi connectivity index (χ1n) is 7.60. The van der Waals surface area contributed by atoms with E-state index < -0.39 is 0 Å². The average Bonchev–Trinajstić information content (AvgIpc) is 2.86. The molecule has 0 saturated heterocycles. The summed E-state index contributed by atoms with van der Waals surface area (Å²) in [7, 11) is 0. The molecule has 0 unspecified atom stereocenters. The Balaban J connectivity index is 2.06. The smallest absolute Gasteiger partial charge is 0.243 e. The van der Waals surface area contributed by atoms with E-state index in [9.17, 15) is 4.79 Å². The molecule has 4 heteroatoms. The Kier molecular flexibility index (Phi) is 5.55. The summed E-state index contributed by atoms with van der Waals surface area (Å²) in [5, 5.41) is 2.80. The molecule has 0 aliphatic heterocycles. The van der Waals surface area contributed by atoms with Gasteiger partial charge in [0.1, 0.15) is 5.82 Å². The third-order valence-corrected chi connectivity index (χ3v) is 3.53. The van der Waals surface area contributed by atoms with Crippen LogP contribution in [0.4, 0.5) is 0 Å². The highest BCUT2D eigenvalue weighted by molar-refractivity contribution is 5.86. The molecule has 1 aromatic heterocycles. The summed E-state index contributed by atoms with van der Waals surface area (Å²) in [6, 6.07) is 8.26. The maximum atomic E-state index is 11.1. The van der Waals surface area contributed by atoms with E-state index in [-0.39, 0.29) is 5.91 Å². The van der Waals surface area contributed by atoms with Crippen molar-refractivity contribution in [1.82, 2.24) is 14.9 Å². The molecule has 112 valence electrons. The van der Waals surface area contributed by atoms with Gasteiger partial charge in [-0.15, -0.1) is 0 Å². The third-order valence-electron chi connectivity index (χ3n) is 3.53. The molecule has 2 rings (SSSR count). The van der Waals surface area contributed by atoms with Gasteiger partial charge in [-0.3, -0.25) is 4.79 Å². The van der Waals surface area contributed by atoms with Crippen LogP contribution < -0.4 is 5.32 Å². The third kappa shape index (κ3) is 3.94. The average molecular weight is 285 g/mol. The molecule has 1 amide bonds. The number of aryl methyl sites for hydroxylation is 2. The molecule has 21 heavy (non-hydrogen) atoms. The van der Waals surface area contributed by atoms with Gasteiger partial charge in [-0.1, -0.05) is 32.1 Å². The molecular formula is C17H23N3O. The Bertz CT molecular complexity index is 616. The zero-order chi connectivity index (χ0) is 15.1. The van der Waals surface area contributed by atoms with E-state index in [1.165, 1.54) is 18.0 Å². The van der Waals surface area contributed by atoms with E-state index in [2.05, 4.69) is 41.6 Å². The Morgan fingerprint density at radius 3 is 2.95 bits per heavy atom. The summed E-state index contributed by atoms with van der Waals surface area (Å²) in [6.45, 7) is 7.30. The summed E-state index contributed by atoms with van der Waals surface area (Å²) >= 11 is 0. The van der Waals surface area contributed by atoms with Crippen molar-refractivity contribution in [2.75, 3.05) is 6.54 Å². The van der Waals surface area contributed by atoms with Gasteiger partial charge in [0, 0.05) is 19.5 Å². The molecule has 0 bridgehead atoms. The Labute approximate surface area is 125 Å². The SMILES string of the molecule is C=CC(=O)NCCCc1nc2ccccc2n1CCCC. The molecule has 1 heterocycles. The predicted molar refractivity (Wildman–Crippen MR) is 86.2 cm³/mol. The van der Waals surface area contributed by atoms with Crippen LogP contribution in [0.2, 0.25) is 0 Å². The van der Waals surface area contributed by atoms with Crippen LogP contribution in [0.5, 0.6) is 0 Å². The van der Waals surface area contributed by atoms with Crippen molar-refractivity contribution in [3.8, 4) is 0 Å². The van der Waals surface area contributed by atoms with Gasteiger partial charge < -0.3 is 9.88 Å². The number of fused-ring (bicyclic) bond motifs is 1. The lowest BCUT2D eigenvalue weighted by atomic mass is 10.2. The van der Waals surface area contributed by atoms with Gasteiger partial charge in [-0.2, -0.15) is 0 Å². The van der Waals surface area contributed by atoms with Crippen molar-refractivity contribution in [3.05, 3.63) is 42.7 Å². The van der Waals surface area contributed by atoms with Crippen molar-refractivity contribution in [3.63, 3.8) is 0 Å². The van der Waals surface area contributed by atoms with Crippen molar-refractivity contribution in [2.45, 2.75) is 39.2 Å². The van der Waals surface area contributed by atoms with Crippen LogP contribution in [-0.4, -0.2) is 22.0 Å². The number of aromatic nitrogens is 2. The van der Waals surface area contributed by atoms with Crippen LogP contribution in [0.15, 0.2) is 36.9 Å². The van der Waals surface area contributed by atoms with Crippen molar-refractivity contribution < 1.29 is 4.79 Å². The number of amides is 1. The largest absolute Gasteiger partial charge is 0.353 e. The number of hydrogen-bond acceptors (Lipinski definition) is 2. The zero-order valence-corrected chi connectivity index (χ0v) is 12.6. The fraction of sp³-hybridized carbons (Fsp3) is 0.412. The number of imidazole rings is 1. The predicted octanol–water partition coefficient (Wildman–Crippen LogP) is 3.07. The van der Waals surface area contributed by atoms with Crippen molar-refractivity contribution in [1.29, 1.82) is 0 Å². The molecule has 0 fully saturated rings. The Morgan fingerprint density at radius 2 is 2.19 bits per heavy atom. The minimum Gasteiger partial charge on any atom is -0.353 e. The normalized spacial score (nSPS) is 10.7. The Hall–Kier alpha value is -2.10. The van der Waals surface area contributed by atoms with Gasteiger partial charge in [0.05, 0.1) is 11.0 Å². The monoisotopic (exact) mass is 285 g/mol. The number of carbonyl (C=O) groups excluding carboxylic acids is 1. The molecule has 1 aromatic carbocycles. The summed E-state index contributed by atoms with van der Waals surface area (Å²) < 4.78 is 2.31. The molecule has 1 N–H and O–H groups in total. The second-order valence-corrected chi connectivity index (χ2v) is 5.12. The molecular weight excluding hydrogens is 262 g/mol. The molecule has 0 radical (unpaired) electrons. The number of nitrogens with one attached hydrogen (secondary N) is 1. The van der Waals surface area contributed by atoms with Crippen LogP contribution in [-0.2, 0) is 17.8 Å². The quantitative estimate of drug-likeness (QED) is 0.598. The topological polar surface area (TPSA) is 46.9 Å². The first kappa shape index (κ1) is 15.3. The molecule has 0 aliphatic rings. The lowest BCUT2D eigenvalue weighted by Crippen LogP contribution is -2.22. The van der Waals surface area contributed by atoms with Crippen LogP contribution in [0.25, 0.3) is 11.0 Å². The number of nitrogens with zero attached hydrogens (tertiary/aromatic N) is 2. The number of rotatable bonds is 8. The molecule has 2 aromatic rings. The van der Waals surface area contributed by atoms with Gasteiger partial charge >= 0.3 is 0 Å². The van der Waals surface area contributed by atoms with Crippen LogP contribution in [0, 0.1) is 0 Å². The fourth-order valence-corrected chi connectivity index (χ4v) is 2.41. The first-order chi connectivity index (χ1) is 10.3. The molecule has 0 atom stereocenters. The maximum absolute atomic E-state index is 11.1. The minimum atomic E-state index is -0.116. The maximum Gasteiger partial charge on any atom is 0.243 e. The van der Waals surface area contributed by atoms with Gasteiger partial charge in [0.2, 0.25) is 5.91 Å². The standard InChI is InChI=1S/C17H23N3O/c1-3-5-13-20-15-10-7-6-9-14(15)19-16(20)11-8-12-18-17(21)4-2/h4,6-7,9-10H,2-3,5,8,11-13H2,1H3,(H,18,21). The second kappa shape index (κ2) is 7.62. The summed E-state index contributed by atoms with van der Waals surface area (Å²) in [4.78, 5) is 15.9. The minimum absolute atomic E-state index is 0.116. The number of benzene rings is 1. The van der Waals surface area contributed by atoms with Crippen molar-refractivity contribution >= 4 is 16.9 Å². The van der Waals surface area contributed by atoms with Crippen LogP contribution in [0.3, 0.4) is 0 Å². The van der Waals surface area contributed by atoms with E-state index in [1.54, 1.807) is 0 Å². The fourth-order valence-electron chi connectivity index (χ4n) is 2.41. The highest BCUT2D eigenvalue weighted by Gasteiger charge is 2.09. The highest BCUT2D eigenvalue weighted by atomic mass is 16.1. The van der Waals surface area contributed by atoms with E-state index in [0.29, 0.717) is 6.54 Å². The first-order valence-corrected chi connectivity index (χ1v) is 7.60. The van der Waals surface area contributed by atoms with Gasteiger partial charge in [0.25, 0.3) is 0 Å². The van der Waals surface area contributed by atoms with Crippen LogP contribution in [0.1, 0.15) is 32.0 Å². The number of para-hydroxylation sites is 2. The van der Waals surface area contributed by atoms with E-state index in [1.807, 2.05) is 6.07 Å². The van der Waals surface area contributed by atoms with Gasteiger partial charge in [-0.25, -0.2) is 4.98 Å². The molecule has 0 spiro atoms. The van der Waals surface area contributed by atoms with E-state index >= 15 is 0 Å². The lowest BCUT2D eigenvalue weighted by molar-refractivity contribution is -0.116.